The van der Waals surface area contributed by atoms with Crippen LogP contribution in [0.3, 0.4) is 0 Å². The molecule has 86 valence electrons. The second-order valence-corrected chi connectivity index (χ2v) is 3.88. The molecular weight excluding hydrogens is 216 g/mol. The molecular formula is C11H11F2NO2. The fourth-order valence-corrected chi connectivity index (χ4v) is 1.67. The standard InChI is InChI=1S/C11H11F2NO2/c1-14(2)10-11(12,13)9(15)7-5-3-4-6-8(7)16-10/h3-6,10H,1-2H3/t10-/m1/s1. The van der Waals surface area contributed by atoms with Gasteiger partial charge in [0, 0.05) is 0 Å². The van der Waals surface area contributed by atoms with E-state index in [2.05, 4.69) is 0 Å². The average molecular weight is 227 g/mol. The Hall–Kier alpha value is -1.49. The molecule has 0 amide bonds. The molecule has 16 heavy (non-hydrogen) atoms. The fraction of sp³-hybridized carbons (Fsp3) is 0.364. The highest BCUT2D eigenvalue weighted by Gasteiger charge is 2.54. The van der Waals surface area contributed by atoms with Crippen molar-refractivity contribution in [2.24, 2.45) is 0 Å². The van der Waals surface area contributed by atoms with Gasteiger partial charge in [-0.2, -0.15) is 8.78 Å². The van der Waals surface area contributed by atoms with Crippen molar-refractivity contribution < 1.29 is 18.3 Å². The van der Waals surface area contributed by atoms with Gasteiger partial charge in [-0.25, -0.2) is 0 Å². The highest BCUT2D eigenvalue weighted by atomic mass is 19.3. The molecule has 0 aliphatic carbocycles. The molecule has 1 atom stereocenters. The lowest BCUT2D eigenvalue weighted by atomic mass is 10.00. The fourth-order valence-electron chi connectivity index (χ4n) is 1.67. The molecule has 2 rings (SSSR count). The molecule has 3 nitrogen and oxygen atoms in total. The van der Waals surface area contributed by atoms with Crippen LogP contribution in [0, 0.1) is 0 Å². The Morgan fingerprint density at radius 2 is 1.94 bits per heavy atom. The summed E-state index contributed by atoms with van der Waals surface area (Å²) in [6.07, 6.45) is -1.55. The lowest BCUT2D eigenvalue weighted by Crippen LogP contribution is -2.55. The minimum absolute atomic E-state index is 0.0643. The zero-order valence-corrected chi connectivity index (χ0v) is 8.91. The van der Waals surface area contributed by atoms with Crippen molar-refractivity contribution in [1.82, 2.24) is 4.90 Å². The number of para-hydroxylation sites is 1. The van der Waals surface area contributed by atoms with Gasteiger partial charge >= 0.3 is 5.92 Å². The number of rotatable bonds is 1. The third-order valence-electron chi connectivity index (χ3n) is 2.45. The van der Waals surface area contributed by atoms with Gasteiger partial charge in [0.05, 0.1) is 5.56 Å². The first-order chi connectivity index (χ1) is 7.44. The minimum atomic E-state index is -3.52. The van der Waals surface area contributed by atoms with Crippen molar-refractivity contribution >= 4 is 5.78 Å². The van der Waals surface area contributed by atoms with Gasteiger partial charge < -0.3 is 4.74 Å². The SMILES string of the molecule is CN(C)[C@@H]1Oc2ccccc2C(=O)C1(F)F. The maximum absolute atomic E-state index is 13.7. The van der Waals surface area contributed by atoms with E-state index in [9.17, 15) is 13.6 Å². The number of nitrogens with zero attached hydrogens (tertiary/aromatic N) is 1. The van der Waals surface area contributed by atoms with Crippen LogP contribution < -0.4 is 4.74 Å². The summed E-state index contributed by atoms with van der Waals surface area (Å²) in [6.45, 7) is 0. The van der Waals surface area contributed by atoms with Crippen LogP contribution in [0.4, 0.5) is 8.78 Å². The van der Waals surface area contributed by atoms with Crippen molar-refractivity contribution in [2.45, 2.75) is 12.2 Å². The molecule has 0 aromatic heterocycles. The quantitative estimate of drug-likeness (QED) is 0.732. The van der Waals surface area contributed by atoms with E-state index in [0.717, 1.165) is 0 Å². The summed E-state index contributed by atoms with van der Waals surface area (Å²) >= 11 is 0. The van der Waals surface area contributed by atoms with E-state index < -0.39 is 17.9 Å². The zero-order chi connectivity index (χ0) is 11.9. The predicted octanol–water partition coefficient (Wildman–Crippen LogP) is 1.78. The molecule has 1 aromatic carbocycles. The summed E-state index contributed by atoms with van der Waals surface area (Å²) in [6, 6.07) is 6.03. The molecule has 1 aliphatic rings. The Balaban J connectivity index is 2.51. The van der Waals surface area contributed by atoms with E-state index in [-0.39, 0.29) is 11.3 Å². The zero-order valence-electron chi connectivity index (χ0n) is 8.91. The summed E-state index contributed by atoms with van der Waals surface area (Å²) < 4.78 is 32.5. The first kappa shape index (κ1) is 11.0. The van der Waals surface area contributed by atoms with Crippen LogP contribution in [0.2, 0.25) is 0 Å². The topological polar surface area (TPSA) is 29.5 Å². The van der Waals surface area contributed by atoms with E-state index in [1.165, 1.54) is 37.2 Å². The number of carbonyl (C=O) groups is 1. The molecule has 0 saturated heterocycles. The van der Waals surface area contributed by atoms with Crippen molar-refractivity contribution in [3.8, 4) is 5.75 Å². The van der Waals surface area contributed by atoms with Gasteiger partial charge in [-0.15, -0.1) is 0 Å². The summed E-state index contributed by atoms with van der Waals surface area (Å²) in [4.78, 5) is 12.8. The van der Waals surface area contributed by atoms with Crippen molar-refractivity contribution in [3.05, 3.63) is 29.8 Å². The Labute approximate surface area is 91.6 Å². The van der Waals surface area contributed by atoms with Gasteiger partial charge in [0.1, 0.15) is 5.75 Å². The van der Waals surface area contributed by atoms with Crippen LogP contribution in [-0.4, -0.2) is 36.9 Å². The molecule has 0 bridgehead atoms. The first-order valence-corrected chi connectivity index (χ1v) is 4.79. The van der Waals surface area contributed by atoms with Crippen LogP contribution in [0.15, 0.2) is 24.3 Å². The van der Waals surface area contributed by atoms with Gasteiger partial charge in [-0.1, -0.05) is 12.1 Å². The molecule has 1 aliphatic heterocycles. The van der Waals surface area contributed by atoms with Crippen LogP contribution >= 0.6 is 0 Å². The number of halogens is 2. The van der Waals surface area contributed by atoms with Crippen LogP contribution in [0.5, 0.6) is 5.75 Å². The third-order valence-corrected chi connectivity index (χ3v) is 2.45. The highest BCUT2D eigenvalue weighted by molar-refractivity contribution is 6.04. The summed E-state index contributed by atoms with van der Waals surface area (Å²) in [5.74, 6) is -4.50. The molecule has 0 N–H and O–H groups in total. The number of hydrogen-bond acceptors (Lipinski definition) is 3. The number of carbonyl (C=O) groups excluding carboxylic acids is 1. The normalized spacial score (nSPS) is 22.8. The van der Waals surface area contributed by atoms with Gasteiger partial charge in [0.15, 0.2) is 0 Å². The second kappa shape index (κ2) is 3.52. The number of alkyl halides is 2. The molecule has 1 heterocycles. The largest absolute Gasteiger partial charge is 0.467 e. The Bertz CT molecular complexity index is 432. The second-order valence-electron chi connectivity index (χ2n) is 3.88. The van der Waals surface area contributed by atoms with E-state index >= 15 is 0 Å². The van der Waals surface area contributed by atoms with Crippen LogP contribution in [-0.2, 0) is 0 Å². The number of Topliss-reactive ketones (excluding diaryl/α,β-unsaturated/α-hetero) is 1. The van der Waals surface area contributed by atoms with E-state index in [0.29, 0.717) is 0 Å². The van der Waals surface area contributed by atoms with Gasteiger partial charge in [0.25, 0.3) is 0 Å². The number of ketones is 1. The Morgan fingerprint density at radius 3 is 2.56 bits per heavy atom. The maximum atomic E-state index is 13.7. The molecule has 5 heteroatoms. The number of benzene rings is 1. The van der Waals surface area contributed by atoms with Crippen LogP contribution in [0.25, 0.3) is 0 Å². The Kier molecular flexibility index (Phi) is 2.42. The molecule has 0 unspecified atom stereocenters. The summed E-state index contributed by atoms with van der Waals surface area (Å²) in [5, 5.41) is 0. The molecule has 0 saturated carbocycles. The lowest BCUT2D eigenvalue weighted by Gasteiger charge is -2.35. The number of fused-ring (bicyclic) bond motifs is 1. The first-order valence-electron chi connectivity index (χ1n) is 4.79. The monoisotopic (exact) mass is 227 g/mol. The molecule has 0 fully saturated rings. The highest BCUT2D eigenvalue weighted by Crippen LogP contribution is 2.37. The maximum Gasteiger partial charge on any atom is 0.359 e. The molecule has 0 spiro atoms. The van der Waals surface area contributed by atoms with Gasteiger partial charge in [-0.05, 0) is 26.2 Å². The molecule has 1 aromatic rings. The Morgan fingerprint density at radius 1 is 1.31 bits per heavy atom. The summed E-state index contributed by atoms with van der Waals surface area (Å²) in [7, 11) is 2.89. The van der Waals surface area contributed by atoms with E-state index in [1.807, 2.05) is 0 Å². The smallest absolute Gasteiger partial charge is 0.359 e. The third kappa shape index (κ3) is 1.48. The van der Waals surface area contributed by atoms with Crippen molar-refractivity contribution in [3.63, 3.8) is 0 Å². The van der Waals surface area contributed by atoms with Crippen LogP contribution in [0.1, 0.15) is 10.4 Å². The lowest BCUT2D eigenvalue weighted by molar-refractivity contribution is -0.126. The minimum Gasteiger partial charge on any atom is -0.467 e. The number of ether oxygens (including phenoxy) is 1. The number of hydrogen-bond donors (Lipinski definition) is 0. The molecule has 0 radical (unpaired) electrons. The van der Waals surface area contributed by atoms with E-state index in [1.54, 1.807) is 6.07 Å². The summed E-state index contributed by atoms with van der Waals surface area (Å²) in [5.41, 5.74) is -0.0643. The van der Waals surface area contributed by atoms with Crippen molar-refractivity contribution in [1.29, 1.82) is 0 Å². The average Bonchev–Trinajstić information content (AvgIpc) is 2.23. The van der Waals surface area contributed by atoms with Gasteiger partial charge in [-0.3, -0.25) is 9.69 Å². The predicted molar refractivity (Wildman–Crippen MR) is 53.8 cm³/mol. The van der Waals surface area contributed by atoms with Gasteiger partial charge in [0.2, 0.25) is 12.0 Å². The van der Waals surface area contributed by atoms with E-state index in [4.69, 9.17) is 4.74 Å². The van der Waals surface area contributed by atoms with Crippen molar-refractivity contribution in [2.75, 3.05) is 14.1 Å².